The molecule has 0 heterocycles. The maximum absolute atomic E-state index is 11.7. The van der Waals surface area contributed by atoms with Gasteiger partial charge in [-0.2, -0.15) is 0 Å². The van der Waals surface area contributed by atoms with Crippen molar-refractivity contribution in [3.8, 4) is 0 Å². The second-order valence-corrected chi connectivity index (χ2v) is 4.03. The summed E-state index contributed by atoms with van der Waals surface area (Å²) in [6.07, 6.45) is 3.52. The number of hydrogen-bond acceptors (Lipinski definition) is 1. The van der Waals surface area contributed by atoms with Crippen LogP contribution in [0.1, 0.15) is 10.4 Å². The number of rotatable bonds is 4. The van der Waals surface area contributed by atoms with E-state index in [1.807, 2.05) is 0 Å². The van der Waals surface area contributed by atoms with E-state index in [2.05, 4.69) is 5.32 Å². The Morgan fingerprint density at radius 2 is 2.06 bits per heavy atom. The van der Waals surface area contributed by atoms with Crippen molar-refractivity contribution >= 4 is 40.7 Å². The molecule has 0 fully saturated rings. The molecule has 0 unspecified atom stereocenters. The Bertz CT molecular complexity index is 404. The van der Waals surface area contributed by atoms with E-state index in [4.69, 9.17) is 34.8 Å². The smallest absolute Gasteiger partial charge is 0.253 e. The van der Waals surface area contributed by atoms with Gasteiger partial charge in [-0.05, 0) is 12.1 Å². The summed E-state index contributed by atoms with van der Waals surface area (Å²) in [5.74, 6) is 0.167. The molecular weight excluding hydrogens is 268 g/mol. The number of alkyl halides is 1. The molecule has 0 aliphatic heterocycles. The minimum atomic E-state index is -0.258. The van der Waals surface area contributed by atoms with Gasteiger partial charge in [-0.1, -0.05) is 41.4 Å². The maximum Gasteiger partial charge on any atom is 0.253 e. The van der Waals surface area contributed by atoms with Crippen molar-refractivity contribution in [1.29, 1.82) is 0 Å². The van der Waals surface area contributed by atoms with Crippen LogP contribution in [0, 0.1) is 0 Å². The lowest BCUT2D eigenvalue weighted by molar-refractivity contribution is 0.0958. The molecule has 1 aromatic carbocycles. The molecule has 1 rings (SSSR count). The van der Waals surface area contributed by atoms with E-state index < -0.39 is 0 Å². The van der Waals surface area contributed by atoms with Gasteiger partial charge in [-0.15, -0.1) is 11.6 Å². The number of benzene rings is 1. The fourth-order valence-electron chi connectivity index (χ4n) is 1.07. The van der Waals surface area contributed by atoms with Gasteiger partial charge < -0.3 is 5.32 Å². The van der Waals surface area contributed by atoms with E-state index in [1.165, 1.54) is 0 Å². The summed E-state index contributed by atoms with van der Waals surface area (Å²) in [6, 6.07) is 4.93. The van der Waals surface area contributed by atoms with Crippen LogP contribution in [0.4, 0.5) is 0 Å². The molecule has 0 radical (unpaired) electrons. The Kier molecular flexibility index (Phi) is 5.67. The van der Waals surface area contributed by atoms with Gasteiger partial charge in [0, 0.05) is 12.4 Å². The summed E-state index contributed by atoms with van der Waals surface area (Å²) in [7, 11) is 0. The van der Waals surface area contributed by atoms with Crippen LogP contribution in [0.2, 0.25) is 10.0 Å². The predicted molar refractivity (Wildman–Crippen MR) is 68.7 cm³/mol. The Labute approximate surface area is 109 Å². The first-order valence-electron chi connectivity index (χ1n) is 4.60. The van der Waals surface area contributed by atoms with Crippen LogP contribution in [-0.4, -0.2) is 18.3 Å². The van der Waals surface area contributed by atoms with Gasteiger partial charge in [-0.3, -0.25) is 4.79 Å². The van der Waals surface area contributed by atoms with Crippen LogP contribution >= 0.6 is 34.8 Å². The molecule has 1 aromatic rings. The fraction of sp³-hybridized carbons (Fsp3) is 0.182. The van der Waals surface area contributed by atoms with E-state index in [0.29, 0.717) is 23.0 Å². The molecule has 0 aliphatic carbocycles. The molecule has 2 nitrogen and oxygen atoms in total. The normalized spacial score (nSPS) is 10.7. The third kappa shape index (κ3) is 3.71. The Morgan fingerprint density at radius 3 is 2.75 bits per heavy atom. The molecule has 0 saturated carbocycles. The van der Waals surface area contributed by atoms with Gasteiger partial charge in [0.15, 0.2) is 0 Å². The van der Waals surface area contributed by atoms with Crippen LogP contribution in [0.25, 0.3) is 0 Å². The minimum absolute atomic E-state index is 0.258. The Balaban J connectivity index is 2.66. The summed E-state index contributed by atoms with van der Waals surface area (Å²) in [4.78, 5) is 11.7. The zero-order valence-corrected chi connectivity index (χ0v) is 10.6. The molecule has 86 valence electrons. The first-order valence-corrected chi connectivity index (χ1v) is 5.89. The van der Waals surface area contributed by atoms with Crippen molar-refractivity contribution in [3.63, 3.8) is 0 Å². The third-order valence-corrected chi connectivity index (χ3v) is 2.83. The van der Waals surface area contributed by atoms with Gasteiger partial charge in [0.2, 0.25) is 0 Å². The lowest BCUT2D eigenvalue weighted by Crippen LogP contribution is -2.23. The first-order chi connectivity index (χ1) is 7.66. The second-order valence-electron chi connectivity index (χ2n) is 2.94. The number of allylic oxidation sites excluding steroid dienone is 1. The monoisotopic (exact) mass is 277 g/mol. The molecule has 0 bridgehead atoms. The minimum Gasteiger partial charge on any atom is -0.349 e. The van der Waals surface area contributed by atoms with Crippen LogP contribution < -0.4 is 5.32 Å². The van der Waals surface area contributed by atoms with Crippen LogP contribution in [0.3, 0.4) is 0 Å². The van der Waals surface area contributed by atoms with E-state index in [9.17, 15) is 4.79 Å². The Hall–Kier alpha value is -0.700. The molecule has 0 atom stereocenters. The van der Waals surface area contributed by atoms with Crippen molar-refractivity contribution in [3.05, 3.63) is 46.0 Å². The molecule has 0 aromatic heterocycles. The summed E-state index contributed by atoms with van der Waals surface area (Å²) >= 11 is 17.1. The largest absolute Gasteiger partial charge is 0.349 e. The lowest BCUT2D eigenvalue weighted by Gasteiger charge is -2.05. The molecule has 0 spiro atoms. The first kappa shape index (κ1) is 13.4. The van der Waals surface area contributed by atoms with Crippen molar-refractivity contribution in [2.75, 3.05) is 12.4 Å². The van der Waals surface area contributed by atoms with Crippen LogP contribution in [-0.2, 0) is 0 Å². The van der Waals surface area contributed by atoms with Gasteiger partial charge in [0.1, 0.15) is 0 Å². The van der Waals surface area contributed by atoms with E-state index in [0.717, 1.165) is 0 Å². The number of carbonyl (C=O) groups is 1. The highest BCUT2D eigenvalue weighted by molar-refractivity contribution is 6.43. The number of carbonyl (C=O) groups excluding carboxylic acids is 1. The van der Waals surface area contributed by atoms with Gasteiger partial charge >= 0.3 is 0 Å². The average Bonchev–Trinajstić information content (AvgIpc) is 2.28. The predicted octanol–water partition coefficient (Wildman–Crippen LogP) is 3.52. The number of amides is 1. The summed E-state index contributed by atoms with van der Waals surface area (Å²) in [6.45, 7) is 0.411. The third-order valence-electron chi connectivity index (χ3n) is 1.83. The number of nitrogens with one attached hydrogen (secondary N) is 1. The summed E-state index contributed by atoms with van der Waals surface area (Å²) in [5, 5.41) is 3.31. The molecule has 1 N–H and O–H groups in total. The number of halogens is 3. The Morgan fingerprint density at radius 1 is 1.31 bits per heavy atom. The van der Waals surface area contributed by atoms with Crippen molar-refractivity contribution in [2.45, 2.75) is 0 Å². The zero-order valence-electron chi connectivity index (χ0n) is 8.34. The number of hydrogen-bond donors (Lipinski definition) is 1. The van der Waals surface area contributed by atoms with E-state index >= 15 is 0 Å². The SMILES string of the molecule is O=C(NC/C=C/CCl)c1cccc(Cl)c1Cl. The lowest BCUT2D eigenvalue weighted by atomic mass is 10.2. The topological polar surface area (TPSA) is 29.1 Å². The van der Waals surface area contributed by atoms with E-state index in [1.54, 1.807) is 30.4 Å². The zero-order chi connectivity index (χ0) is 12.0. The average molecular weight is 279 g/mol. The van der Waals surface area contributed by atoms with Gasteiger partial charge in [-0.25, -0.2) is 0 Å². The van der Waals surface area contributed by atoms with Crippen molar-refractivity contribution in [1.82, 2.24) is 5.32 Å². The van der Waals surface area contributed by atoms with Crippen LogP contribution in [0.15, 0.2) is 30.4 Å². The van der Waals surface area contributed by atoms with Gasteiger partial charge in [0.05, 0.1) is 15.6 Å². The molecule has 16 heavy (non-hydrogen) atoms. The molecule has 5 heteroatoms. The highest BCUT2D eigenvalue weighted by Crippen LogP contribution is 2.25. The second kappa shape index (κ2) is 6.79. The molecule has 0 saturated heterocycles. The van der Waals surface area contributed by atoms with Crippen molar-refractivity contribution in [2.24, 2.45) is 0 Å². The van der Waals surface area contributed by atoms with Gasteiger partial charge in [0.25, 0.3) is 5.91 Å². The van der Waals surface area contributed by atoms with Crippen molar-refractivity contribution < 1.29 is 4.79 Å². The standard InChI is InChI=1S/C11H10Cl3NO/c12-6-1-2-7-15-11(16)8-4-3-5-9(13)10(8)14/h1-5H,6-7H2,(H,15,16)/b2-1+. The summed E-state index contributed by atoms with van der Waals surface area (Å²) < 4.78 is 0. The van der Waals surface area contributed by atoms with E-state index in [-0.39, 0.29) is 10.9 Å². The molecular formula is C11H10Cl3NO. The van der Waals surface area contributed by atoms with Crippen LogP contribution in [0.5, 0.6) is 0 Å². The summed E-state index contributed by atoms with van der Waals surface area (Å²) in [5.41, 5.74) is 0.369. The highest BCUT2D eigenvalue weighted by atomic mass is 35.5. The fourth-order valence-corrected chi connectivity index (χ4v) is 1.58. The quantitative estimate of drug-likeness (QED) is 0.663. The molecule has 1 amide bonds. The molecule has 0 aliphatic rings. The maximum atomic E-state index is 11.7. The highest BCUT2D eigenvalue weighted by Gasteiger charge is 2.10.